The Hall–Kier alpha value is -1.90. The van der Waals surface area contributed by atoms with Crippen molar-refractivity contribution >= 4 is 11.5 Å². The van der Waals surface area contributed by atoms with E-state index in [1.165, 1.54) is 6.07 Å². The quantitative estimate of drug-likeness (QED) is 0.725. The maximum Gasteiger partial charge on any atom is 0.132 e. The lowest BCUT2D eigenvalue weighted by atomic mass is 10.1. The first kappa shape index (κ1) is 9.33. The number of hydrogen-bond donors (Lipinski definition) is 0. The van der Waals surface area contributed by atoms with E-state index in [1.54, 1.807) is 12.3 Å². The van der Waals surface area contributed by atoms with Crippen molar-refractivity contribution in [2.45, 2.75) is 6.42 Å². The van der Waals surface area contributed by atoms with Gasteiger partial charge in [0.05, 0.1) is 0 Å². The Morgan fingerprint density at radius 2 is 2.06 bits per heavy atom. The summed E-state index contributed by atoms with van der Waals surface area (Å²) in [4.78, 5) is 6.35. The Balaban J connectivity index is 2.07. The minimum atomic E-state index is -0.115. The number of pyridine rings is 1. The summed E-state index contributed by atoms with van der Waals surface area (Å²) in [5.74, 6) is 0.766. The van der Waals surface area contributed by atoms with Crippen molar-refractivity contribution in [3.63, 3.8) is 0 Å². The maximum atomic E-state index is 13.5. The normalized spacial score (nSPS) is 13.9. The van der Waals surface area contributed by atoms with Crippen LogP contribution >= 0.6 is 0 Å². The SMILES string of the molecule is Fc1cccc2c1CCN2c1ccccn1. The predicted octanol–water partition coefficient (Wildman–Crippen LogP) is 2.91. The van der Waals surface area contributed by atoms with Crippen LogP contribution in [0.1, 0.15) is 5.56 Å². The third kappa shape index (κ3) is 1.36. The fourth-order valence-electron chi connectivity index (χ4n) is 2.14. The number of anilines is 2. The fourth-order valence-corrected chi connectivity index (χ4v) is 2.14. The molecule has 0 saturated heterocycles. The van der Waals surface area contributed by atoms with E-state index in [4.69, 9.17) is 0 Å². The van der Waals surface area contributed by atoms with Crippen LogP contribution in [0.15, 0.2) is 42.6 Å². The molecule has 0 N–H and O–H groups in total. The molecule has 0 radical (unpaired) electrons. The van der Waals surface area contributed by atoms with Crippen molar-refractivity contribution in [2.24, 2.45) is 0 Å². The third-order valence-corrected chi connectivity index (χ3v) is 2.90. The number of fused-ring (bicyclic) bond motifs is 1. The average molecular weight is 214 g/mol. The third-order valence-electron chi connectivity index (χ3n) is 2.90. The van der Waals surface area contributed by atoms with E-state index in [-0.39, 0.29) is 5.82 Å². The van der Waals surface area contributed by atoms with Gasteiger partial charge in [-0.1, -0.05) is 12.1 Å². The Bertz CT molecular complexity index is 511. The van der Waals surface area contributed by atoms with Gasteiger partial charge in [0.2, 0.25) is 0 Å². The minimum absolute atomic E-state index is 0.115. The molecule has 0 amide bonds. The zero-order valence-corrected chi connectivity index (χ0v) is 8.73. The lowest BCUT2D eigenvalue weighted by Gasteiger charge is -2.17. The van der Waals surface area contributed by atoms with Gasteiger partial charge in [-0.15, -0.1) is 0 Å². The van der Waals surface area contributed by atoms with E-state index >= 15 is 0 Å². The van der Waals surface area contributed by atoms with E-state index in [2.05, 4.69) is 9.88 Å². The van der Waals surface area contributed by atoms with Gasteiger partial charge < -0.3 is 4.90 Å². The summed E-state index contributed by atoms with van der Waals surface area (Å²) in [6.07, 6.45) is 2.51. The van der Waals surface area contributed by atoms with Gasteiger partial charge >= 0.3 is 0 Å². The summed E-state index contributed by atoms with van der Waals surface area (Å²) in [6.45, 7) is 0.799. The van der Waals surface area contributed by atoms with Crippen LogP contribution in [0.5, 0.6) is 0 Å². The van der Waals surface area contributed by atoms with Crippen LogP contribution in [0.4, 0.5) is 15.9 Å². The maximum absolute atomic E-state index is 13.5. The number of halogens is 1. The second-order valence-corrected chi connectivity index (χ2v) is 3.83. The molecule has 0 spiro atoms. The highest BCUT2D eigenvalue weighted by atomic mass is 19.1. The van der Waals surface area contributed by atoms with Crippen molar-refractivity contribution in [3.8, 4) is 0 Å². The van der Waals surface area contributed by atoms with Gasteiger partial charge in [-0.3, -0.25) is 0 Å². The highest BCUT2D eigenvalue weighted by molar-refractivity contribution is 5.67. The van der Waals surface area contributed by atoms with E-state index in [1.807, 2.05) is 24.3 Å². The number of rotatable bonds is 1. The molecule has 1 aromatic carbocycles. The average Bonchev–Trinajstić information content (AvgIpc) is 2.75. The predicted molar refractivity (Wildman–Crippen MR) is 61.3 cm³/mol. The summed E-state index contributed by atoms with van der Waals surface area (Å²) in [7, 11) is 0. The molecule has 2 nitrogen and oxygen atoms in total. The summed E-state index contributed by atoms with van der Waals surface area (Å²) >= 11 is 0. The second-order valence-electron chi connectivity index (χ2n) is 3.83. The van der Waals surface area contributed by atoms with Crippen LogP contribution in [0.25, 0.3) is 0 Å². The molecule has 0 atom stereocenters. The Morgan fingerprint density at radius 1 is 1.12 bits per heavy atom. The summed E-state index contributed by atoms with van der Waals surface area (Å²) < 4.78 is 13.5. The molecule has 0 unspecified atom stereocenters. The Morgan fingerprint density at radius 3 is 2.88 bits per heavy atom. The molecular weight excluding hydrogens is 203 g/mol. The molecule has 1 aliphatic rings. The van der Waals surface area contributed by atoms with Gasteiger partial charge in [0, 0.05) is 24.0 Å². The summed E-state index contributed by atoms with van der Waals surface area (Å²) in [6, 6.07) is 11.0. The molecular formula is C13H11FN2. The first-order valence-electron chi connectivity index (χ1n) is 5.32. The standard InChI is InChI=1S/C13H11FN2/c14-11-4-3-5-12-10(11)7-9-16(12)13-6-1-2-8-15-13/h1-6,8H,7,9H2. The largest absolute Gasteiger partial charge is 0.326 e. The molecule has 0 fully saturated rings. The molecule has 0 aliphatic carbocycles. The molecule has 16 heavy (non-hydrogen) atoms. The van der Waals surface area contributed by atoms with Gasteiger partial charge in [-0.05, 0) is 30.7 Å². The van der Waals surface area contributed by atoms with E-state index in [0.717, 1.165) is 30.0 Å². The lowest BCUT2D eigenvalue weighted by Crippen LogP contribution is -2.14. The van der Waals surface area contributed by atoms with Gasteiger partial charge in [-0.25, -0.2) is 9.37 Å². The molecule has 0 bridgehead atoms. The molecule has 2 heterocycles. The molecule has 80 valence electrons. The Labute approximate surface area is 93.4 Å². The van der Waals surface area contributed by atoms with Gasteiger partial charge in [0.15, 0.2) is 0 Å². The van der Waals surface area contributed by atoms with E-state index < -0.39 is 0 Å². The van der Waals surface area contributed by atoms with Gasteiger partial charge in [-0.2, -0.15) is 0 Å². The van der Waals surface area contributed by atoms with Crippen molar-refractivity contribution in [3.05, 3.63) is 54.0 Å². The molecule has 3 rings (SSSR count). The fraction of sp³-hybridized carbons (Fsp3) is 0.154. The molecule has 3 heteroatoms. The van der Waals surface area contributed by atoms with Crippen LogP contribution in [-0.2, 0) is 6.42 Å². The van der Waals surface area contributed by atoms with E-state index in [0.29, 0.717) is 0 Å². The number of aromatic nitrogens is 1. The van der Waals surface area contributed by atoms with Crippen molar-refractivity contribution < 1.29 is 4.39 Å². The molecule has 1 aliphatic heterocycles. The number of hydrogen-bond acceptors (Lipinski definition) is 2. The van der Waals surface area contributed by atoms with Crippen LogP contribution in [0.3, 0.4) is 0 Å². The molecule has 1 aromatic heterocycles. The molecule has 2 aromatic rings. The van der Waals surface area contributed by atoms with Crippen molar-refractivity contribution in [1.82, 2.24) is 4.98 Å². The van der Waals surface area contributed by atoms with Gasteiger partial charge in [0.25, 0.3) is 0 Å². The Kier molecular flexibility index (Phi) is 2.10. The van der Waals surface area contributed by atoms with Crippen LogP contribution in [0, 0.1) is 5.82 Å². The van der Waals surface area contributed by atoms with Crippen LogP contribution < -0.4 is 4.90 Å². The smallest absolute Gasteiger partial charge is 0.132 e. The number of benzene rings is 1. The second kappa shape index (κ2) is 3.59. The first-order chi connectivity index (χ1) is 7.86. The van der Waals surface area contributed by atoms with Gasteiger partial charge in [0.1, 0.15) is 11.6 Å². The number of nitrogens with zero attached hydrogens (tertiary/aromatic N) is 2. The highest BCUT2D eigenvalue weighted by Crippen LogP contribution is 2.34. The summed E-state index contributed by atoms with van der Waals surface area (Å²) in [5, 5.41) is 0. The topological polar surface area (TPSA) is 16.1 Å². The highest BCUT2D eigenvalue weighted by Gasteiger charge is 2.23. The van der Waals surface area contributed by atoms with E-state index in [9.17, 15) is 4.39 Å². The van der Waals surface area contributed by atoms with Crippen LogP contribution in [0.2, 0.25) is 0 Å². The van der Waals surface area contributed by atoms with Crippen LogP contribution in [-0.4, -0.2) is 11.5 Å². The summed E-state index contributed by atoms with van der Waals surface area (Å²) in [5.41, 5.74) is 1.74. The molecule has 0 saturated carbocycles. The zero-order chi connectivity index (χ0) is 11.0. The minimum Gasteiger partial charge on any atom is -0.326 e. The first-order valence-corrected chi connectivity index (χ1v) is 5.32. The zero-order valence-electron chi connectivity index (χ0n) is 8.73. The van der Waals surface area contributed by atoms with Crippen molar-refractivity contribution in [1.29, 1.82) is 0 Å². The monoisotopic (exact) mass is 214 g/mol. The lowest BCUT2D eigenvalue weighted by molar-refractivity contribution is 0.615. The van der Waals surface area contributed by atoms with Crippen molar-refractivity contribution in [2.75, 3.05) is 11.4 Å².